The van der Waals surface area contributed by atoms with Gasteiger partial charge in [0.15, 0.2) is 5.16 Å². The van der Waals surface area contributed by atoms with Gasteiger partial charge in [0.25, 0.3) is 0 Å². The van der Waals surface area contributed by atoms with E-state index >= 15 is 0 Å². The number of aryl methyl sites for hydroxylation is 2. The van der Waals surface area contributed by atoms with Gasteiger partial charge in [-0.3, -0.25) is 0 Å². The Labute approximate surface area is 134 Å². The van der Waals surface area contributed by atoms with Crippen LogP contribution in [0.25, 0.3) is 0 Å². The van der Waals surface area contributed by atoms with Crippen LogP contribution >= 0.6 is 23.1 Å². The fraction of sp³-hybridized carbons (Fsp3) is 0.600. The average Bonchev–Trinajstić information content (AvgIpc) is 3.14. The van der Waals surface area contributed by atoms with Gasteiger partial charge in [0, 0.05) is 23.7 Å². The summed E-state index contributed by atoms with van der Waals surface area (Å²) in [7, 11) is 2.22. The van der Waals surface area contributed by atoms with Crippen LogP contribution in [0.3, 0.4) is 0 Å². The van der Waals surface area contributed by atoms with Crippen molar-refractivity contribution in [2.24, 2.45) is 5.92 Å². The molecule has 2 aromatic heterocycles. The lowest BCUT2D eigenvalue weighted by atomic mass is 10.0. The van der Waals surface area contributed by atoms with E-state index in [1.165, 1.54) is 30.8 Å². The normalized spacial score (nSPS) is 20.0. The number of likely N-dealkylation sites (tertiary alicyclic amines) is 1. The standard InChI is InChI=1S/C15H22N4S2/c1-18-7-2-4-13(10-18)11-21-15-17-16-12-19(15)8-6-14-5-3-9-20-14/h3,5,9,12-13H,2,4,6-8,10-11H2,1H3/t13-/m1/s1. The van der Waals surface area contributed by atoms with Crippen LogP contribution < -0.4 is 0 Å². The van der Waals surface area contributed by atoms with E-state index < -0.39 is 0 Å². The van der Waals surface area contributed by atoms with Gasteiger partial charge in [-0.2, -0.15) is 0 Å². The Hall–Kier alpha value is -0.850. The quantitative estimate of drug-likeness (QED) is 0.766. The second kappa shape index (κ2) is 7.42. The van der Waals surface area contributed by atoms with Crippen LogP contribution in [0.15, 0.2) is 29.0 Å². The Bertz CT molecular complexity index is 538. The number of piperidine rings is 1. The predicted molar refractivity (Wildman–Crippen MR) is 89.0 cm³/mol. The highest BCUT2D eigenvalue weighted by Crippen LogP contribution is 2.24. The average molecular weight is 323 g/mol. The van der Waals surface area contributed by atoms with Crippen LogP contribution in [-0.2, 0) is 13.0 Å². The summed E-state index contributed by atoms with van der Waals surface area (Å²) in [4.78, 5) is 3.87. The third kappa shape index (κ3) is 4.31. The first-order valence-electron chi connectivity index (χ1n) is 7.53. The lowest BCUT2D eigenvalue weighted by molar-refractivity contribution is 0.224. The monoisotopic (exact) mass is 322 g/mol. The molecule has 0 amide bonds. The smallest absolute Gasteiger partial charge is 0.191 e. The molecule has 0 aromatic carbocycles. The lowest BCUT2D eigenvalue weighted by Crippen LogP contribution is -2.33. The number of rotatable bonds is 6. The van der Waals surface area contributed by atoms with Gasteiger partial charge in [-0.15, -0.1) is 21.5 Å². The number of thioether (sulfide) groups is 1. The van der Waals surface area contributed by atoms with Gasteiger partial charge in [0.1, 0.15) is 6.33 Å². The first-order chi connectivity index (χ1) is 10.3. The lowest BCUT2D eigenvalue weighted by Gasteiger charge is -2.29. The molecule has 3 rings (SSSR count). The van der Waals surface area contributed by atoms with Gasteiger partial charge < -0.3 is 9.47 Å². The summed E-state index contributed by atoms with van der Waals surface area (Å²) in [5.74, 6) is 1.94. The predicted octanol–water partition coefficient (Wildman–Crippen LogP) is 3.02. The van der Waals surface area contributed by atoms with E-state index in [2.05, 4.69) is 44.2 Å². The zero-order valence-electron chi connectivity index (χ0n) is 12.4. The molecular weight excluding hydrogens is 300 g/mol. The topological polar surface area (TPSA) is 34.0 Å². The van der Waals surface area contributed by atoms with Crippen molar-refractivity contribution in [1.82, 2.24) is 19.7 Å². The maximum atomic E-state index is 4.29. The minimum Gasteiger partial charge on any atom is -0.308 e. The van der Waals surface area contributed by atoms with Crippen molar-refractivity contribution < 1.29 is 0 Å². The third-order valence-corrected chi connectivity index (χ3v) is 6.08. The van der Waals surface area contributed by atoms with Crippen molar-refractivity contribution in [2.75, 3.05) is 25.9 Å². The van der Waals surface area contributed by atoms with Gasteiger partial charge in [-0.25, -0.2) is 0 Å². The number of hydrogen-bond donors (Lipinski definition) is 0. The molecule has 0 aliphatic carbocycles. The number of hydrogen-bond acceptors (Lipinski definition) is 5. The molecule has 21 heavy (non-hydrogen) atoms. The molecule has 0 N–H and O–H groups in total. The van der Waals surface area contributed by atoms with E-state index in [4.69, 9.17) is 0 Å². The second-order valence-corrected chi connectivity index (χ2v) is 7.74. The molecule has 1 fully saturated rings. The highest BCUT2D eigenvalue weighted by atomic mass is 32.2. The molecule has 1 aliphatic heterocycles. The van der Waals surface area contributed by atoms with Gasteiger partial charge in [0.2, 0.25) is 0 Å². The molecule has 1 saturated heterocycles. The zero-order valence-corrected chi connectivity index (χ0v) is 14.1. The Morgan fingerprint density at radius 2 is 2.43 bits per heavy atom. The van der Waals surface area contributed by atoms with Crippen LogP contribution in [0, 0.1) is 5.92 Å². The number of aromatic nitrogens is 3. The summed E-state index contributed by atoms with van der Waals surface area (Å²) < 4.78 is 2.19. The highest BCUT2D eigenvalue weighted by molar-refractivity contribution is 7.99. The Balaban J connectivity index is 1.50. The van der Waals surface area contributed by atoms with Crippen molar-refractivity contribution in [1.29, 1.82) is 0 Å². The third-order valence-electron chi connectivity index (χ3n) is 3.93. The van der Waals surface area contributed by atoms with Crippen molar-refractivity contribution in [3.05, 3.63) is 28.7 Å². The maximum absolute atomic E-state index is 4.29. The summed E-state index contributed by atoms with van der Waals surface area (Å²) in [5.41, 5.74) is 0. The van der Waals surface area contributed by atoms with Gasteiger partial charge in [-0.05, 0) is 50.2 Å². The molecule has 0 radical (unpaired) electrons. The van der Waals surface area contributed by atoms with Gasteiger partial charge >= 0.3 is 0 Å². The van der Waals surface area contributed by atoms with E-state index in [1.54, 1.807) is 0 Å². The molecule has 1 atom stereocenters. The van der Waals surface area contributed by atoms with Gasteiger partial charge in [0.05, 0.1) is 0 Å². The maximum Gasteiger partial charge on any atom is 0.191 e. The van der Waals surface area contributed by atoms with Crippen LogP contribution in [0.5, 0.6) is 0 Å². The van der Waals surface area contributed by atoms with Crippen molar-refractivity contribution in [2.45, 2.75) is 31.0 Å². The number of nitrogens with zero attached hydrogens (tertiary/aromatic N) is 4. The second-order valence-electron chi connectivity index (χ2n) is 5.72. The molecule has 2 aromatic rings. The molecule has 1 aliphatic rings. The van der Waals surface area contributed by atoms with Gasteiger partial charge in [-0.1, -0.05) is 17.8 Å². The highest BCUT2D eigenvalue weighted by Gasteiger charge is 2.18. The van der Waals surface area contributed by atoms with E-state index in [9.17, 15) is 0 Å². The fourth-order valence-corrected chi connectivity index (χ4v) is 4.56. The molecular formula is C15H22N4S2. The number of thiophene rings is 1. The Morgan fingerprint density at radius 1 is 1.48 bits per heavy atom. The van der Waals surface area contributed by atoms with Crippen LogP contribution in [-0.4, -0.2) is 45.6 Å². The molecule has 6 heteroatoms. The minimum absolute atomic E-state index is 0.788. The largest absolute Gasteiger partial charge is 0.308 e. The molecule has 0 spiro atoms. The fourth-order valence-electron chi connectivity index (χ4n) is 2.80. The van der Waals surface area contributed by atoms with Crippen molar-refractivity contribution in [3.8, 4) is 0 Å². The molecule has 0 saturated carbocycles. The minimum atomic E-state index is 0.788. The molecule has 4 nitrogen and oxygen atoms in total. The van der Waals surface area contributed by atoms with Crippen LogP contribution in [0.2, 0.25) is 0 Å². The first-order valence-corrected chi connectivity index (χ1v) is 9.39. The van der Waals surface area contributed by atoms with Crippen LogP contribution in [0.4, 0.5) is 0 Å². The summed E-state index contributed by atoms with van der Waals surface area (Å²) >= 11 is 3.69. The molecule has 0 bridgehead atoms. The summed E-state index contributed by atoms with van der Waals surface area (Å²) in [6, 6.07) is 4.31. The Kier molecular flexibility index (Phi) is 5.32. The van der Waals surface area contributed by atoms with E-state index in [0.29, 0.717) is 0 Å². The molecule has 3 heterocycles. The summed E-state index contributed by atoms with van der Waals surface area (Å²) in [6.45, 7) is 3.44. The summed E-state index contributed by atoms with van der Waals surface area (Å²) in [6.07, 6.45) is 5.60. The molecule has 0 unspecified atom stereocenters. The van der Waals surface area contributed by atoms with E-state index in [-0.39, 0.29) is 0 Å². The summed E-state index contributed by atoms with van der Waals surface area (Å²) in [5, 5.41) is 11.6. The SMILES string of the molecule is CN1CCC[C@@H](CSc2nncn2CCc2cccs2)C1. The van der Waals surface area contributed by atoms with Crippen molar-refractivity contribution in [3.63, 3.8) is 0 Å². The Morgan fingerprint density at radius 3 is 3.24 bits per heavy atom. The van der Waals surface area contributed by atoms with E-state index in [1.807, 2.05) is 29.4 Å². The van der Waals surface area contributed by atoms with E-state index in [0.717, 1.165) is 29.8 Å². The first kappa shape index (κ1) is 15.1. The van der Waals surface area contributed by atoms with Crippen LogP contribution in [0.1, 0.15) is 17.7 Å². The van der Waals surface area contributed by atoms with Crippen molar-refractivity contribution >= 4 is 23.1 Å². The zero-order chi connectivity index (χ0) is 14.5. The molecule has 114 valence electrons.